The number of halogens is 2. The summed E-state index contributed by atoms with van der Waals surface area (Å²) in [5.74, 6) is 0. The van der Waals surface area contributed by atoms with E-state index in [1.165, 1.54) is 0 Å². The minimum atomic E-state index is -2.11. The predicted octanol–water partition coefficient (Wildman–Crippen LogP) is 3.79. The second-order valence-electron chi connectivity index (χ2n) is 5.54. The Hall–Kier alpha value is 1.23. The van der Waals surface area contributed by atoms with Gasteiger partial charge in [-0.25, -0.2) is 0 Å². The van der Waals surface area contributed by atoms with E-state index in [1.807, 2.05) is 0 Å². The van der Waals surface area contributed by atoms with E-state index in [2.05, 4.69) is 67.9 Å². The fourth-order valence-corrected chi connectivity index (χ4v) is 11.3. The molecule has 2 aliphatic rings. The van der Waals surface area contributed by atoms with Gasteiger partial charge in [-0.15, -0.1) is 0 Å². The van der Waals surface area contributed by atoms with Gasteiger partial charge in [0, 0.05) is 0 Å². The molecule has 2 nitrogen and oxygen atoms in total. The van der Waals surface area contributed by atoms with Crippen LogP contribution in [0.15, 0.2) is 12.2 Å². The van der Waals surface area contributed by atoms with Crippen LogP contribution in [0.5, 0.6) is 0 Å². The topological polar surface area (TPSA) is 18.5 Å². The number of rotatable bonds is 1. The van der Waals surface area contributed by atoms with Crippen LogP contribution in [0.25, 0.3) is 0 Å². The zero-order valence-electron chi connectivity index (χ0n) is 10.1. The van der Waals surface area contributed by atoms with Crippen LogP contribution < -0.4 is 0 Å². The molecule has 0 aromatic carbocycles. The van der Waals surface area contributed by atoms with Gasteiger partial charge < -0.3 is 0 Å². The van der Waals surface area contributed by atoms with Crippen LogP contribution in [-0.4, -0.2) is 27.9 Å². The molecule has 0 spiro atoms. The average Bonchev–Trinajstić information content (AvgIpc) is 2.50. The molecular formula is C10H17BBr2GeO2. The van der Waals surface area contributed by atoms with Crippen molar-refractivity contribution in [3.05, 3.63) is 12.2 Å². The molecule has 0 radical (unpaired) electrons. The van der Waals surface area contributed by atoms with Gasteiger partial charge in [0.1, 0.15) is 0 Å². The van der Waals surface area contributed by atoms with Crippen LogP contribution in [-0.2, 0) is 9.31 Å². The normalized spacial score (nSPS) is 34.6. The van der Waals surface area contributed by atoms with Gasteiger partial charge in [0.05, 0.1) is 0 Å². The first-order valence-electron chi connectivity index (χ1n) is 5.56. The van der Waals surface area contributed by atoms with E-state index in [4.69, 9.17) is 9.31 Å². The Bertz CT molecular complexity index is 315. The maximum absolute atomic E-state index is 6.10. The van der Waals surface area contributed by atoms with Gasteiger partial charge in [0.25, 0.3) is 0 Å². The molecular weight excluding hydrogens is 395 g/mol. The molecule has 16 heavy (non-hydrogen) atoms. The van der Waals surface area contributed by atoms with E-state index in [0.717, 1.165) is 5.25 Å². The maximum atomic E-state index is 6.10. The standard InChI is InChI=1S/C10H17BBr2GeO2/c1-9(2)10(3,4)16-11(15-9)8-6-5-7-14(8,12)13/h5-6,8H,7H2,1-4H3. The van der Waals surface area contributed by atoms with Crippen LogP contribution in [0.4, 0.5) is 0 Å². The summed E-state index contributed by atoms with van der Waals surface area (Å²) >= 11 is 7.75. The monoisotopic (exact) mass is 412 g/mol. The van der Waals surface area contributed by atoms with Crippen molar-refractivity contribution in [2.45, 2.75) is 48.8 Å². The zero-order valence-corrected chi connectivity index (χ0v) is 15.4. The molecule has 0 saturated carbocycles. The Morgan fingerprint density at radius 1 is 1.19 bits per heavy atom. The molecule has 0 aliphatic carbocycles. The first kappa shape index (κ1) is 13.7. The molecule has 6 heteroatoms. The molecule has 2 aliphatic heterocycles. The van der Waals surface area contributed by atoms with E-state index >= 15 is 0 Å². The SMILES string of the molecule is CC1(C)OB([CH]2C=C[CH2][Ge]2([Br])[Br])OC1(C)C. The summed E-state index contributed by atoms with van der Waals surface area (Å²) in [5, 5.41) is 1.13. The van der Waals surface area contributed by atoms with Crippen LogP contribution in [0.1, 0.15) is 27.7 Å². The minimum absolute atomic E-state index is 0.109. The summed E-state index contributed by atoms with van der Waals surface area (Å²) in [6, 6.07) is 0. The van der Waals surface area contributed by atoms with E-state index in [0.29, 0.717) is 4.65 Å². The molecule has 1 atom stereocenters. The Morgan fingerprint density at radius 3 is 2.06 bits per heavy atom. The molecule has 0 aromatic heterocycles. The van der Waals surface area contributed by atoms with Crippen molar-refractivity contribution < 1.29 is 9.31 Å². The molecule has 1 saturated heterocycles. The summed E-state index contributed by atoms with van der Waals surface area (Å²) in [6.45, 7) is 8.40. The summed E-state index contributed by atoms with van der Waals surface area (Å²) in [5.41, 5.74) is -0.459. The summed E-state index contributed by atoms with van der Waals surface area (Å²) in [4.78, 5) is 0. The van der Waals surface area contributed by atoms with E-state index in [9.17, 15) is 0 Å². The first-order chi connectivity index (χ1) is 7.16. The van der Waals surface area contributed by atoms with Crippen LogP contribution in [0, 0.1) is 0 Å². The molecule has 0 aromatic rings. The van der Waals surface area contributed by atoms with Gasteiger partial charge in [-0.3, -0.25) is 0 Å². The molecule has 1 unspecified atom stereocenters. The second-order valence-corrected chi connectivity index (χ2v) is 31.2. The summed E-state index contributed by atoms with van der Waals surface area (Å²) in [7, 11) is -2.22. The van der Waals surface area contributed by atoms with E-state index < -0.39 is 9.58 Å². The predicted molar refractivity (Wildman–Crippen MR) is 77.4 cm³/mol. The third-order valence-corrected chi connectivity index (χ3v) is 17.3. The summed E-state index contributed by atoms with van der Waals surface area (Å²) < 4.78 is 12.6. The second kappa shape index (κ2) is 4.12. The van der Waals surface area contributed by atoms with Crippen molar-refractivity contribution in [1.82, 2.24) is 0 Å². The molecule has 0 bridgehead atoms. The van der Waals surface area contributed by atoms with Crippen molar-refractivity contribution in [3.63, 3.8) is 0 Å². The molecule has 1 fully saturated rings. The Kier molecular flexibility index (Phi) is 3.51. The van der Waals surface area contributed by atoms with Gasteiger partial charge in [0.15, 0.2) is 0 Å². The molecule has 90 valence electrons. The molecule has 0 N–H and O–H groups in total. The Labute approximate surface area is 114 Å². The van der Waals surface area contributed by atoms with Crippen molar-refractivity contribution in [3.8, 4) is 0 Å². The van der Waals surface area contributed by atoms with E-state index in [1.54, 1.807) is 0 Å². The van der Waals surface area contributed by atoms with Crippen LogP contribution >= 0.6 is 28.0 Å². The Morgan fingerprint density at radius 2 is 1.69 bits per heavy atom. The van der Waals surface area contributed by atoms with Gasteiger partial charge in [-0.2, -0.15) is 0 Å². The molecule has 2 heterocycles. The van der Waals surface area contributed by atoms with Gasteiger partial charge >= 0.3 is 115 Å². The third-order valence-electron chi connectivity index (χ3n) is 3.79. The van der Waals surface area contributed by atoms with Crippen LogP contribution in [0.2, 0.25) is 9.90 Å². The molecule has 2 rings (SSSR count). The van der Waals surface area contributed by atoms with Gasteiger partial charge in [-0.05, 0) is 0 Å². The average molecular weight is 412 g/mol. The summed E-state index contributed by atoms with van der Waals surface area (Å²) in [6.07, 6.45) is 4.48. The first-order valence-corrected chi connectivity index (χ1v) is 18.1. The molecule has 0 amide bonds. The third kappa shape index (κ3) is 2.22. The number of allylic oxidation sites excluding steroid dienone is 2. The fourth-order valence-electron chi connectivity index (χ4n) is 1.97. The quantitative estimate of drug-likeness (QED) is 0.482. The van der Waals surface area contributed by atoms with Crippen molar-refractivity contribution in [2.75, 3.05) is 0 Å². The number of hydrogen-bond acceptors (Lipinski definition) is 2. The number of hydrogen-bond donors (Lipinski definition) is 0. The van der Waals surface area contributed by atoms with Gasteiger partial charge in [-0.1, -0.05) is 0 Å². The fraction of sp³-hybridized carbons (Fsp3) is 0.800. The van der Waals surface area contributed by atoms with Crippen LogP contribution in [0.3, 0.4) is 0 Å². The van der Waals surface area contributed by atoms with Crippen molar-refractivity contribution >= 4 is 44.7 Å². The Balaban J connectivity index is 2.18. The van der Waals surface area contributed by atoms with E-state index in [-0.39, 0.29) is 18.3 Å². The van der Waals surface area contributed by atoms with Crippen molar-refractivity contribution in [1.29, 1.82) is 0 Å². The van der Waals surface area contributed by atoms with Gasteiger partial charge in [0.2, 0.25) is 0 Å². The zero-order chi connectivity index (χ0) is 12.2. The van der Waals surface area contributed by atoms with Crippen molar-refractivity contribution in [2.24, 2.45) is 0 Å².